The van der Waals surface area contributed by atoms with Crippen LogP contribution in [0.4, 0.5) is 0 Å². The van der Waals surface area contributed by atoms with Gasteiger partial charge in [0, 0.05) is 3.57 Å². The van der Waals surface area contributed by atoms with Crippen LogP contribution in [0.2, 0.25) is 0 Å². The van der Waals surface area contributed by atoms with Crippen molar-refractivity contribution in [2.75, 3.05) is 7.11 Å². The largest absolute Gasteiger partial charge is 0.500 e. The molecule has 0 atom stereocenters. The Bertz CT molecular complexity index is 426. The molecule has 0 aliphatic rings. The van der Waals surface area contributed by atoms with E-state index in [2.05, 4.69) is 27.3 Å². The normalized spacial score (nSPS) is 11.1. The highest BCUT2D eigenvalue weighted by Gasteiger charge is 2.12. The number of carbonyl (C=O) groups is 1. The summed E-state index contributed by atoms with van der Waals surface area (Å²) in [6, 6.07) is 5.55. The Morgan fingerprint density at radius 2 is 2.19 bits per heavy atom. The third-order valence-corrected chi connectivity index (χ3v) is 2.48. The standard InChI is InChI=1S/C11H11IO4/c1-7-3-4-8(12)5-9(7)16-10(6-15-2)11(13)14/h3-6H,1-2H3,(H,13,14)/b10-6-. The fourth-order valence-corrected chi connectivity index (χ4v) is 1.49. The van der Waals surface area contributed by atoms with Gasteiger partial charge in [-0.1, -0.05) is 6.07 Å². The molecule has 0 amide bonds. The van der Waals surface area contributed by atoms with Crippen molar-refractivity contribution < 1.29 is 19.4 Å². The maximum absolute atomic E-state index is 10.8. The molecule has 4 nitrogen and oxygen atoms in total. The molecule has 0 bridgehead atoms. The highest BCUT2D eigenvalue weighted by atomic mass is 127. The SMILES string of the molecule is CO/C=C(\Oc1cc(I)ccc1C)C(=O)O. The average molecular weight is 334 g/mol. The van der Waals surface area contributed by atoms with Crippen LogP contribution in [0.15, 0.2) is 30.2 Å². The van der Waals surface area contributed by atoms with Crippen LogP contribution in [0, 0.1) is 10.5 Å². The van der Waals surface area contributed by atoms with Gasteiger partial charge in [-0.15, -0.1) is 0 Å². The van der Waals surface area contributed by atoms with Gasteiger partial charge in [0.25, 0.3) is 0 Å². The number of aryl methyl sites for hydroxylation is 1. The number of aliphatic carboxylic acids is 1. The molecular formula is C11H11IO4. The molecular weight excluding hydrogens is 323 g/mol. The van der Waals surface area contributed by atoms with E-state index < -0.39 is 5.97 Å². The quantitative estimate of drug-likeness (QED) is 0.522. The second-order valence-corrected chi connectivity index (χ2v) is 4.28. The second kappa shape index (κ2) is 5.74. The summed E-state index contributed by atoms with van der Waals surface area (Å²) in [5, 5.41) is 8.85. The van der Waals surface area contributed by atoms with Crippen molar-refractivity contribution >= 4 is 28.6 Å². The summed E-state index contributed by atoms with van der Waals surface area (Å²) in [5.74, 6) is -0.898. The molecule has 16 heavy (non-hydrogen) atoms. The van der Waals surface area contributed by atoms with Crippen molar-refractivity contribution in [3.05, 3.63) is 39.4 Å². The molecule has 0 aliphatic carbocycles. The van der Waals surface area contributed by atoms with Gasteiger partial charge in [0.2, 0.25) is 5.76 Å². The van der Waals surface area contributed by atoms with E-state index in [1.54, 1.807) is 6.07 Å². The van der Waals surface area contributed by atoms with E-state index in [-0.39, 0.29) is 5.76 Å². The minimum Gasteiger partial charge on any atom is -0.500 e. The summed E-state index contributed by atoms with van der Waals surface area (Å²) in [5.41, 5.74) is 0.865. The van der Waals surface area contributed by atoms with Crippen molar-refractivity contribution in [1.29, 1.82) is 0 Å². The molecule has 5 heteroatoms. The molecule has 0 aliphatic heterocycles. The molecule has 86 valence electrons. The smallest absolute Gasteiger partial charge is 0.375 e. The first-order valence-electron chi connectivity index (χ1n) is 4.45. The Morgan fingerprint density at radius 1 is 1.50 bits per heavy atom. The van der Waals surface area contributed by atoms with Crippen LogP contribution in [0.3, 0.4) is 0 Å². The summed E-state index contributed by atoms with van der Waals surface area (Å²) in [4.78, 5) is 10.8. The van der Waals surface area contributed by atoms with Crippen LogP contribution >= 0.6 is 22.6 Å². The third-order valence-electron chi connectivity index (χ3n) is 1.81. The Labute approximate surface area is 107 Å². The van der Waals surface area contributed by atoms with Gasteiger partial charge >= 0.3 is 5.97 Å². The topological polar surface area (TPSA) is 55.8 Å². The summed E-state index contributed by atoms with van der Waals surface area (Å²) in [6.45, 7) is 1.84. The van der Waals surface area contributed by atoms with Gasteiger partial charge in [0.15, 0.2) is 0 Å². The van der Waals surface area contributed by atoms with Gasteiger partial charge in [-0.2, -0.15) is 0 Å². The van der Waals surface area contributed by atoms with E-state index in [1.165, 1.54) is 7.11 Å². The molecule has 0 aromatic heterocycles. The molecule has 0 saturated carbocycles. The van der Waals surface area contributed by atoms with E-state index >= 15 is 0 Å². The Morgan fingerprint density at radius 3 is 2.75 bits per heavy atom. The minimum absolute atomic E-state index is 0.243. The third kappa shape index (κ3) is 3.41. The van der Waals surface area contributed by atoms with Crippen LogP contribution in [0.5, 0.6) is 5.75 Å². The van der Waals surface area contributed by atoms with Crippen molar-refractivity contribution in [3.8, 4) is 5.75 Å². The van der Waals surface area contributed by atoms with Crippen LogP contribution in [0.1, 0.15) is 5.56 Å². The molecule has 0 saturated heterocycles. The molecule has 1 N–H and O–H groups in total. The maximum Gasteiger partial charge on any atom is 0.375 e. The lowest BCUT2D eigenvalue weighted by Crippen LogP contribution is -2.09. The lowest BCUT2D eigenvalue weighted by Gasteiger charge is -2.08. The summed E-state index contributed by atoms with van der Waals surface area (Å²) in [6.07, 6.45) is 1.06. The highest BCUT2D eigenvalue weighted by Crippen LogP contribution is 2.22. The number of hydrogen-bond acceptors (Lipinski definition) is 3. The van der Waals surface area contributed by atoms with Crippen LogP contribution in [-0.2, 0) is 9.53 Å². The van der Waals surface area contributed by atoms with E-state index in [9.17, 15) is 4.79 Å². The van der Waals surface area contributed by atoms with Crippen LogP contribution < -0.4 is 4.74 Å². The number of carboxylic acids is 1. The molecule has 0 unspecified atom stereocenters. The first-order valence-corrected chi connectivity index (χ1v) is 5.52. The number of carboxylic acid groups (broad SMARTS) is 1. The van der Waals surface area contributed by atoms with Gasteiger partial charge in [-0.05, 0) is 47.2 Å². The van der Waals surface area contributed by atoms with Gasteiger partial charge in [-0.3, -0.25) is 0 Å². The molecule has 1 aromatic carbocycles. The van der Waals surface area contributed by atoms with Crippen molar-refractivity contribution in [1.82, 2.24) is 0 Å². The van der Waals surface area contributed by atoms with E-state index in [1.807, 2.05) is 19.1 Å². The van der Waals surface area contributed by atoms with Crippen LogP contribution in [-0.4, -0.2) is 18.2 Å². The zero-order chi connectivity index (χ0) is 12.1. The fraction of sp³-hybridized carbons (Fsp3) is 0.182. The zero-order valence-electron chi connectivity index (χ0n) is 8.86. The van der Waals surface area contributed by atoms with Crippen LogP contribution in [0.25, 0.3) is 0 Å². The highest BCUT2D eigenvalue weighted by molar-refractivity contribution is 14.1. The lowest BCUT2D eigenvalue weighted by atomic mass is 10.2. The maximum atomic E-state index is 10.8. The summed E-state index contributed by atoms with van der Waals surface area (Å²) < 4.78 is 10.9. The number of methoxy groups -OCH3 is 1. The Hall–Kier alpha value is -1.24. The summed E-state index contributed by atoms with van der Waals surface area (Å²) >= 11 is 2.13. The summed E-state index contributed by atoms with van der Waals surface area (Å²) in [7, 11) is 1.37. The minimum atomic E-state index is -1.17. The number of ether oxygens (including phenoxy) is 2. The number of rotatable bonds is 4. The second-order valence-electron chi connectivity index (χ2n) is 3.03. The molecule has 0 heterocycles. The Balaban J connectivity index is 2.98. The first kappa shape index (κ1) is 12.8. The van der Waals surface area contributed by atoms with Gasteiger partial charge in [0.05, 0.1) is 7.11 Å². The van der Waals surface area contributed by atoms with Gasteiger partial charge in [-0.25, -0.2) is 4.79 Å². The number of hydrogen-bond donors (Lipinski definition) is 1. The first-order chi connectivity index (χ1) is 7.54. The van der Waals surface area contributed by atoms with E-state index in [4.69, 9.17) is 9.84 Å². The molecule has 1 aromatic rings. The molecule has 0 spiro atoms. The Kier molecular flexibility index (Phi) is 4.60. The van der Waals surface area contributed by atoms with Gasteiger partial charge < -0.3 is 14.6 Å². The van der Waals surface area contributed by atoms with Crippen molar-refractivity contribution in [2.24, 2.45) is 0 Å². The van der Waals surface area contributed by atoms with E-state index in [0.29, 0.717) is 5.75 Å². The van der Waals surface area contributed by atoms with E-state index in [0.717, 1.165) is 15.4 Å². The predicted molar refractivity (Wildman–Crippen MR) is 67.3 cm³/mol. The monoisotopic (exact) mass is 334 g/mol. The molecule has 1 rings (SSSR count). The van der Waals surface area contributed by atoms with Crippen molar-refractivity contribution in [2.45, 2.75) is 6.92 Å². The predicted octanol–water partition coefficient (Wildman–Crippen LogP) is 2.55. The number of halogens is 1. The molecule has 0 fully saturated rings. The average Bonchev–Trinajstić information content (AvgIpc) is 2.22. The van der Waals surface area contributed by atoms with Crippen molar-refractivity contribution in [3.63, 3.8) is 0 Å². The zero-order valence-corrected chi connectivity index (χ0v) is 11.0. The van der Waals surface area contributed by atoms with Gasteiger partial charge in [0.1, 0.15) is 12.0 Å². The molecule has 0 radical (unpaired) electrons. The number of benzene rings is 1. The fourth-order valence-electron chi connectivity index (χ4n) is 1.03. The lowest BCUT2D eigenvalue weighted by molar-refractivity contribution is -0.135.